The van der Waals surface area contributed by atoms with Gasteiger partial charge in [-0.05, 0) is 32.7 Å². The minimum Gasteiger partial charge on any atom is -0.380 e. The molecule has 0 amide bonds. The van der Waals surface area contributed by atoms with Crippen LogP contribution in [0.3, 0.4) is 0 Å². The van der Waals surface area contributed by atoms with Crippen LogP contribution in [0.25, 0.3) is 0 Å². The van der Waals surface area contributed by atoms with Crippen molar-refractivity contribution in [2.24, 2.45) is 0 Å². The molecule has 1 aromatic heterocycles. The summed E-state index contributed by atoms with van der Waals surface area (Å²) in [6.07, 6.45) is 5.39. The molecule has 0 aromatic carbocycles. The molecule has 5 heteroatoms. The molecule has 1 saturated heterocycles. The van der Waals surface area contributed by atoms with Gasteiger partial charge in [-0.3, -0.25) is 0 Å². The number of nitrogens with one attached hydrogen (secondary N) is 1. The van der Waals surface area contributed by atoms with E-state index < -0.39 is 0 Å². The van der Waals surface area contributed by atoms with Crippen molar-refractivity contribution in [3.05, 3.63) is 10.6 Å². The average molecular weight is 281 g/mol. The summed E-state index contributed by atoms with van der Waals surface area (Å²) in [7, 11) is 3.83. The smallest absolute Gasteiger partial charge is 0.185 e. The third kappa shape index (κ3) is 2.93. The lowest BCUT2D eigenvalue weighted by Crippen LogP contribution is -2.39. The molecule has 4 nitrogen and oxygen atoms in total. The van der Waals surface area contributed by atoms with E-state index in [0.717, 1.165) is 25.6 Å². The van der Waals surface area contributed by atoms with Gasteiger partial charge in [0.25, 0.3) is 0 Å². The Morgan fingerprint density at radius 3 is 2.95 bits per heavy atom. The number of methoxy groups -OCH3 is 1. The van der Waals surface area contributed by atoms with Gasteiger partial charge in [0.1, 0.15) is 0 Å². The standard InChI is InChI=1S/C14H23N3OS/c1-15-8-12-13(10-5-6-10)16-14(19-12)17-7-3-4-11(9-17)18-2/h10-11,15H,3-9H2,1-2H3. The lowest BCUT2D eigenvalue weighted by Gasteiger charge is -2.31. The molecule has 1 aliphatic heterocycles. The summed E-state index contributed by atoms with van der Waals surface area (Å²) in [4.78, 5) is 8.77. The quantitative estimate of drug-likeness (QED) is 0.899. The second-order valence-corrected chi connectivity index (χ2v) is 6.62. The minimum absolute atomic E-state index is 0.370. The Labute approximate surface area is 119 Å². The summed E-state index contributed by atoms with van der Waals surface area (Å²) in [6.45, 7) is 3.06. The molecule has 1 saturated carbocycles. The van der Waals surface area contributed by atoms with E-state index in [1.165, 1.54) is 41.4 Å². The van der Waals surface area contributed by atoms with Crippen LogP contribution in [0.1, 0.15) is 42.2 Å². The summed E-state index contributed by atoms with van der Waals surface area (Å²) < 4.78 is 5.51. The number of hydrogen-bond acceptors (Lipinski definition) is 5. The van der Waals surface area contributed by atoms with Crippen LogP contribution in [0, 0.1) is 0 Å². The van der Waals surface area contributed by atoms with Crippen molar-refractivity contribution in [3.63, 3.8) is 0 Å². The van der Waals surface area contributed by atoms with E-state index in [9.17, 15) is 0 Å². The minimum atomic E-state index is 0.370. The van der Waals surface area contributed by atoms with Gasteiger partial charge in [0.15, 0.2) is 5.13 Å². The molecule has 2 aliphatic rings. The second-order valence-electron chi connectivity index (χ2n) is 5.56. The molecule has 1 aliphatic carbocycles. The molecule has 19 heavy (non-hydrogen) atoms. The first-order valence-electron chi connectivity index (χ1n) is 7.23. The van der Waals surface area contributed by atoms with Crippen molar-refractivity contribution in [1.29, 1.82) is 0 Å². The van der Waals surface area contributed by atoms with Crippen molar-refractivity contribution < 1.29 is 4.74 Å². The van der Waals surface area contributed by atoms with E-state index in [0.29, 0.717) is 6.10 Å². The molecular weight excluding hydrogens is 258 g/mol. The van der Waals surface area contributed by atoms with Crippen LogP contribution in [-0.4, -0.2) is 38.3 Å². The highest BCUT2D eigenvalue weighted by Gasteiger charge is 2.31. The first-order valence-corrected chi connectivity index (χ1v) is 8.05. The van der Waals surface area contributed by atoms with Crippen LogP contribution >= 0.6 is 11.3 Å². The summed E-state index contributed by atoms with van der Waals surface area (Å²) in [5.74, 6) is 0.733. The molecule has 1 aromatic rings. The molecule has 2 fully saturated rings. The number of rotatable bonds is 5. The Balaban J connectivity index is 1.77. The molecule has 0 bridgehead atoms. The Morgan fingerprint density at radius 1 is 1.42 bits per heavy atom. The van der Waals surface area contributed by atoms with Gasteiger partial charge in [-0.25, -0.2) is 4.98 Å². The normalized spacial score (nSPS) is 23.9. The largest absolute Gasteiger partial charge is 0.380 e. The lowest BCUT2D eigenvalue weighted by molar-refractivity contribution is 0.0893. The molecular formula is C14H23N3OS. The molecule has 2 heterocycles. The van der Waals surface area contributed by atoms with E-state index >= 15 is 0 Å². The predicted molar refractivity (Wildman–Crippen MR) is 79.1 cm³/mol. The fourth-order valence-corrected chi connectivity index (χ4v) is 3.95. The van der Waals surface area contributed by atoms with E-state index in [1.54, 1.807) is 0 Å². The van der Waals surface area contributed by atoms with Gasteiger partial charge < -0.3 is 15.0 Å². The summed E-state index contributed by atoms with van der Waals surface area (Å²) in [5, 5.41) is 4.47. The molecule has 0 spiro atoms. The Morgan fingerprint density at radius 2 is 2.26 bits per heavy atom. The Bertz CT molecular complexity index is 430. The number of piperidine rings is 1. The van der Waals surface area contributed by atoms with Crippen LogP contribution < -0.4 is 10.2 Å². The van der Waals surface area contributed by atoms with E-state index in [4.69, 9.17) is 9.72 Å². The summed E-state index contributed by atoms with van der Waals surface area (Å²) in [5.41, 5.74) is 1.36. The number of hydrogen-bond donors (Lipinski definition) is 1. The lowest BCUT2D eigenvalue weighted by atomic mass is 10.1. The zero-order valence-corrected chi connectivity index (χ0v) is 12.6. The number of anilines is 1. The van der Waals surface area contributed by atoms with E-state index in [1.807, 2.05) is 25.5 Å². The maximum Gasteiger partial charge on any atom is 0.185 e. The molecule has 1 N–H and O–H groups in total. The predicted octanol–water partition coefficient (Wildman–Crippen LogP) is 2.36. The highest BCUT2D eigenvalue weighted by molar-refractivity contribution is 7.15. The number of aromatic nitrogens is 1. The first-order chi connectivity index (χ1) is 9.31. The number of ether oxygens (including phenoxy) is 1. The topological polar surface area (TPSA) is 37.4 Å². The summed E-state index contributed by atoms with van der Waals surface area (Å²) in [6, 6.07) is 0. The van der Waals surface area contributed by atoms with Crippen LogP contribution in [0.5, 0.6) is 0 Å². The molecule has 0 radical (unpaired) electrons. The molecule has 3 rings (SSSR count). The van der Waals surface area contributed by atoms with Crippen molar-refractivity contribution in [1.82, 2.24) is 10.3 Å². The zero-order chi connectivity index (χ0) is 13.2. The number of nitrogens with zero attached hydrogens (tertiary/aromatic N) is 2. The molecule has 1 unspecified atom stereocenters. The number of thiazole rings is 1. The van der Waals surface area contributed by atoms with Gasteiger partial charge >= 0.3 is 0 Å². The highest BCUT2D eigenvalue weighted by Crippen LogP contribution is 2.44. The van der Waals surface area contributed by atoms with Crippen LogP contribution in [0.2, 0.25) is 0 Å². The second kappa shape index (κ2) is 5.77. The van der Waals surface area contributed by atoms with Gasteiger partial charge in [-0.1, -0.05) is 0 Å². The third-order valence-electron chi connectivity index (χ3n) is 4.00. The molecule has 106 valence electrons. The maximum absolute atomic E-state index is 5.51. The maximum atomic E-state index is 5.51. The van der Waals surface area contributed by atoms with Gasteiger partial charge in [0.2, 0.25) is 0 Å². The van der Waals surface area contributed by atoms with Gasteiger partial charge in [0, 0.05) is 37.5 Å². The van der Waals surface area contributed by atoms with Crippen molar-refractivity contribution in [2.75, 3.05) is 32.1 Å². The van der Waals surface area contributed by atoms with Gasteiger partial charge in [-0.2, -0.15) is 0 Å². The van der Waals surface area contributed by atoms with Crippen molar-refractivity contribution in [3.8, 4) is 0 Å². The zero-order valence-electron chi connectivity index (χ0n) is 11.8. The summed E-state index contributed by atoms with van der Waals surface area (Å²) >= 11 is 1.87. The fraction of sp³-hybridized carbons (Fsp3) is 0.786. The van der Waals surface area contributed by atoms with Crippen molar-refractivity contribution in [2.45, 2.75) is 44.2 Å². The molecule has 1 atom stereocenters. The van der Waals surface area contributed by atoms with Crippen LogP contribution in [0.15, 0.2) is 0 Å². The average Bonchev–Trinajstić information content (AvgIpc) is 3.21. The monoisotopic (exact) mass is 281 g/mol. The highest BCUT2D eigenvalue weighted by atomic mass is 32.1. The van der Waals surface area contributed by atoms with Gasteiger partial charge in [0.05, 0.1) is 11.8 Å². The van der Waals surface area contributed by atoms with E-state index in [2.05, 4.69) is 10.2 Å². The van der Waals surface area contributed by atoms with Crippen LogP contribution in [-0.2, 0) is 11.3 Å². The Kier molecular flexibility index (Phi) is 4.05. The Hall–Kier alpha value is -0.650. The van der Waals surface area contributed by atoms with E-state index in [-0.39, 0.29) is 0 Å². The fourth-order valence-electron chi connectivity index (χ4n) is 2.75. The van der Waals surface area contributed by atoms with Crippen molar-refractivity contribution >= 4 is 16.5 Å². The SMILES string of the molecule is CNCc1sc(N2CCCC(OC)C2)nc1C1CC1. The van der Waals surface area contributed by atoms with Crippen LogP contribution in [0.4, 0.5) is 5.13 Å². The third-order valence-corrected chi connectivity index (χ3v) is 5.13. The van der Waals surface area contributed by atoms with Gasteiger partial charge in [-0.15, -0.1) is 11.3 Å². The first kappa shape index (κ1) is 13.3.